The minimum absolute atomic E-state index is 0.327. The number of nitrogens with one attached hydrogen (secondary N) is 1. The lowest BCUT2D eigenvalue weighted by atomic mass is 10.2. The Bertz CT molecular complexity index is 457. The lowest BCUT2D eigenvalue weighted by Gasteiger charge is -2.08. The number of hydrogen-bond acceptors (Lipinski definition) is 2. The number of amides is 1. The van der Waals surface area contributed by atoms with E-state index in [2.05, 4.69) is 17.2 Å². The molecular formula is C13H13NO3. The molecule has 0 saturated carbocycles. The van der Waals surface area contributed by atoms with Crippen molar-refractivity contribution in [3.63, 3.8) is 0 Å². The van der Waals surface area contributed by atoms with Gasteiger partial charge in [-0.05, 0) is 18.6 Å². The Kier molecular flexibility index (Phi) is 4.77. The highest BCUT2D eigenvalue weighted by Crippen LogP contribution is 1.95. The van der Waals surface area contributed by atoms with E-state index in [1.54, 1.807) is 19.1 Å². The number of hydrogen-bond donors (Lipinski definition) is 2. The summed E-state index contributed by atoms with van der Waals surface area (Å²) < 4.78 is 0. The van der Waals surface area contributed by atoms with Gasteiger partial charge in [0.05, 0.1) is 0 Å². The van der Waals surface area contributed by atoms with E-state index in [-0.39, 0.29) is 0 Å². The highest BCUT2D eigenvalue weighted by molar-refractivity contribution is 5.96. The molecule has 0 aliphatic rings. The molecule has 0 fully saturated rings. The van der Waals surface area contributed by atoms with Gasteiger partial charge in [-0.25, -0.2) is 4.79 Å². The van der Waals surface area contributed by atoms with Gasteiger partial charge < -0.3 is 10.4 Å². The normalized spacial score (nSPS) is 10.9. The third-order valence-electron chi connectivity index (χ3n) is 2.11. The Morgan fingerprint density at radius 3 is 2.53 bits per heavy atom. The molecule has 0 aliphatic heterocycles. The number of carbonyl (C=O) groups excluding carboxylic acids is 1. The van der Waals surface area contributed by atoms with Gasteiger partial charge in [0.15, 0.2) is 0 Å². The molecule has 1 aromatic carbocycles. The molecule has 0 spiro atoms. The van der Waals surface area contributed by atoms with Crippen molar-refractivity contribution < 1.29 is 14.7 Å². The van der Waals surface area contributed by atoms with Gasteiger partial charge in [-0.15, -0.1) is 0 Å². The number of carbonyl (C=O) groups is 2. The first-order chi connectivity index (χ1) is 8.13. The molecule has 88 valence electrons. The minimum Gasteiger partial charge on any atom is -0.480 e. The van der Waals surface area contributed by atoms with Gasteiger partial charge in [0.2, 0.25) is 0 Å². The average molecular weight is 231 g/mol. The molecule has 1 amide bonds. The van der Waals surface area contributed by atoms with E-state index in [1.165, 1.54) is 0 Å². The molecule has 0 unspecified atom stereocenters. The van der Waals surface area contributed by atoms with Crippen molar-refractivity contribution in [1.29, 1.82) is 0 Å². The van der Waals surface area contributed by atoms with Gasteiger partial charge in [0, 0.05) is 11.5 Å². The minimum atomic E-state index is -1.05. The van der Waals surface area contributed by atoms with E-state index in [0.717, 1.165) is 0 Å². The summed E-state index contributed by atoms with van der Waals surface area (Å²) in [7, 11) is 0. The number of benzene rings is 1. The fraction of sp³-hybridized carbons (Fsp3) is 0.231. The summed E-state index contributed by atoms with van der Waals surface area (Å²) in [5.41, 5.74) is 0.714. The van der Waals surface area contributed by atoms with Crippen LogP contribution in [0.2, 0.25) is 0 Å². The Morgan fingerprint density at radius 1 is 1.35 bits per heavy atom. The highest BCUT2D eigenvalue weighted by Gasteiger charge is 2.15. The number of aliphatic carboxylic acids is 1. The standard InChI is InChI=1S/C13H13NO3/c1-2-11(13(16)17)14-12(15)9-8-10-6-4-3-5-7-10/h3-7,11H,2H2,1H3,(H,14,15)(H,16,17)/t11-/m0/s1. The predicted molar refractivity (Wildman–Crippen MR) is 63.2 cm³/mol. The smallest absolute Gasteiger partial charge is 0.326 e. The maximum absolute atomic E-state index is 11.3. The molecule has 0 radical (unpaired) electrons. The first kappa shape index (κ1) is 12.8. The third-order valence-corrected chi connectivity index (χ3v) is 2.11. The zero-order valence-corrected chi connectivity index (χ0v) is 9.43. The Labute approximate surface area is 99.7 Å². The van der Waals surface area contributed by atoms with E-state index in [1.807, 2.05) is 18.2 Å². The lowest BCUT2D eigenvalue weighted by molar-refractivity contribution is -0.141. The van der Waals surface area contributed by atoms with Crippen molar-refractivity contribution >= 4 is 11.9 Å². The second-order valence-electron chi connectivity index (χ2n) is 3.39. The van der Waals surface area contributed by atoms with E-state index in [0.29, 0.717) is 12.0 Å². The van der Waals surface area contributed by atoms with Crippen molar-refractivity contribution in [3.05, 3.63) is 35.9 Å². The molecule has 1 rings (SSSR count). The average Bonchev–Trinajstić information content (AvgIpc) is 2.34. The summed E-state index contributed by atoms with van der Waals surface area (Å²) in [6, 6.07) is 8.14. The maximum atomic E-state index is 11.3. The molecule has 0 saturated heterocycles. The fourth-order valence-corrected chi connectivity index (χ4v) is 1.18. The molecule has 17 heavy (non-hydrogen) atoms. The Morgan fingerprint density at radius 2 is 2.00 bits per heavy atom. The van der Waals surface area contributed by atoms with Crippen LogP contribution in [-0.2, 0) is 9.59 Å². The van der Waals surface area contributed by atoms with Crippen LogP contribution in [0.3, 0.4) is 0 Å². The molecule has 0 bridgehead atoms. The van der Waals surface area contributed by atoms with Crippen molar-refractivity contribution in [3.8, 4) is 11.8 Å². The summed E-state index contributed by atoms with van der Waals surface area (Å²) in [4.78, 5) is 22.0. The van der Waals surface area contributed by atoms with Gasteiger partial charge >= 0.3 is 5.97 Å². The molecular weight excluding hydrogens is 218 g/mol. The first-order valence-corrected chi connectivity index (χ1v) is 5.24. The van der Waals surface area contributed by atoms with Crippen LogP contribution in [0.1, 0.15) is 18.9 Å². The molecule has 4 heteroatoms. The van der Waals surface area contributed by atoms with Gasteiger partial charge in [-0.2, -0.15) is 0 Å². The van der Waals surface area contributed by atoms with Crippen molar-refractivity contribution in [2.75, 3.05) is 0 Å². The molecule has 1 atom stereocenters. The summed E-state index contributed by atoms with van der Waals surface area (Å²) >= 11 is 0. The zero-order chi connectivity index (χ0) is 12.7. The zero-order valence-electron chi connectivity index (χ0n) is 9.43. The number of carboxylic acids is 1. The van der Waals surface area contributed by atoms with Gasteiger partial charge in [-0.1, -0.05) is 31.0 Å². The summed E-state index contributed by atoms with van der Waals surface area (Å²) in [6.45, 7) is 1.68. The second-order valence-corrected chi connectivity index (χ2v) is 3.39. The van der Waals surface area contributed by atoms with Crippen molar-refractivity contribution in [2.24, 2.45) is 0 Å². The summed E-state index contributed by atoms with van der Waals surface area (Å²) in [5, 5.41) is 11.1. The largest absolute Gasteiger partial charge is 0.480 e. The Balaban J connectivity index is 2.62. The van der Waals surface area contributed by atoms with E-state index in [9.17, 15) is 9.59 Å². The van der Waals surface area contributed by atoms with Crippen LogP contribution in [0.15, 0.2) is 30.3 Å². The molecule has 2 N–H and O–H groups in total. The van der Waals surface area contributed by atoms with E-state index < -0.39 is 17.9 Å². The van der Waals surface area contributed by atoms with Crippen molar-refractivity contribution in [2.45, 2.75) is 19.4 Å². The topological polar surface area (TPSA) is 66.4 Å². The number of carboxylic acid groups (broad SMARTS) is 1. The maximum Gasteiger partial charge on any atom is 0.326 e. The second kappa shape index (κ2) is 6.33. The first-order valence-electron chi connectivity index (χ1n) is 5.24. The van der Waals surface area contributed by atoms with Gasteiger partial charge in [0.25, 0.3) is 5.91 Å². The lowest BCUT2D eigenvalue weighted by Crippen LogP contribution is -2.39. The molecule has 1 aromatic rings. The summed E-state index contributed by atoms with van der Waals surface area (Å²) in [5.74, 6) is 3.38. The van der Waals surface area contributed by atoms with Crippen LogP contribution in [-0.4, -0.2) is 23.0 Å². The highest BCUT2D eigenvalue weighted by atomic mass is 16.4. The van der Waals surface area contributed by atoms with Crippen LogP contribution in [0.4, 0.5) is 0 Å². The van der Waals surface area contributed by atoms with Crippen LogP contribution in [0, 0.1) is 11.8 Å². The van der Waals surface area contributed by atoms with Crippen molar-refractivity contribution in [1.82, 2.24) is 5.32 Å². The fourth-order valence-electron chi connectivity index (χ4n) is 1.18. The number of rotatable bonds is 3. The monoisotopic (exact) mass is 231 g/mol. The van der Waals surface area contributed by atoms with Gasteiger partial charge in [-0.3, -0.25) is 4.79 Å². The van der Waals surface area contributed by atoms with Crippen LogP contribution >= 0.6 is 0 Å². The van der Waals surface area contributed by atoms with Crippen LogP contribution < -0.4 is 5.32 Å². The molecule has 4 nitrogen and oxygen atoms in total. The van der Waals surface area contributed by atoms with Gasteiger partial charge in [0.1, 0.15) is 6.04 Å². The van der Waals surface area contributed by atoms with E-state index in [4.69, 9.17) is 5.11 Å². The SMILES string of the molecule is CC[C@H](NC(=O)C#Cc1ccccc1)C(=O)O. The van der Waals surface area contributed by atoms with Crippen LogP contribution in [0.5, 0.6) is 0 Å². The van der Waals surface area contributed by atoms with Crippen LogP contribution in [0.25, 0.3) is 0 Å². The molecule has 0 aliphatic carbocycles. The third kappa shape index (κ3) is 4.39. The predicted octanol–water partition coefficient (Wildman–Crippen LogP) is 1.02. The Hall–Kier alpha value is -2.28. The molecule has 0 heterocycles. The van der Waals surface area contributed by atoms with E-state index >= 15 is 0 Å². The quantitative estimate of drug-likeness (QED) is 0.763. The summed E-state index contributed by atoms with van der Waals surface area (Å²) in [6.07, 6.45) is 0.327. The molecule has 0 aromatic heterocycles.